The molecule has 1 amide bonds. The van der Waals surface area contributed by atoms with Crippen LogP contribution in [0.1, 0.15) is 24.8 Å². The molecule has 10 heteroatoms. The van der Waals surface area contributed by atoms with Gasteiger partial charge in [-0.05, 0) is 54.6 Å². The first-order valence-corrected chi connectivity index (χ1v) is 11.6. The summed E-state index contributed by atoms with van der Waals surface area (Å²) in [6.45, 7) is 3.09. The van der Waals surface area contributed by atoms with E-state index in [1.54, 1.807) is 0 Å². The van der Waals surface area contributed by atoms with E-state index in [-0.39, 0.29) is 0 Å². The van der Waals surface area contributed by atoms with Crippen molar-refractivity contribution in [2.75, 3.05) is 25.4 Å². The lowest BCUT2D eigenvalue weighted by molar-refractivity contribution is -0.119. The van der Waals surface area contributed by atoms with Crippen LogP contribution in [0, 0.1) is 5.92 Å². The molecule has 3 aromatic rings. The summed E-state index contributed by atoms with van der Waals surface area (Å²) in [5.41, 5.74) is 8.56. The van der Waals surface area contributed by atoms with Crippen LogP contribution in [0.25, 0.3) is 11.2 Å². The predicted molar refractivity (Wildman–Crippen MR) is 119 cm³/mol. The monoisotopic (exact) mass is 458 g/mol. The second kappa shape index (κ2) is 8.55. The van der Waals surface area contributed by atoms with Gasteiger partial charge in [0, 0.05) is 31.0 Å². The molecule has 5 rings (SSSR count). The lowest BCUT2D eigenvalue weighted by atomic mass is 9.94. The molecule has 1 fully saturated rings. The van der Waals surface area contributed by atoms with Crippen LogP contribution >= 0.6 is 23.4 Å². The number of nitrogens with zero attached hydrogens (tertiary/aromatic N) is 5. The van der Waals surface area contributed by atoms with Crippen molar-refractivity contribution in [2.45, 2.75) is 42.3 Å². The molecule has 2 aliphatic heterocycles. The number of likely N-dealkylation sites (tertiary alicyclic amines) is 1. The Balaban J connectivity index is 1.43. The van der Waals surface area contributed by atoms with E-state index >= 15 is 0 Å². The molecule has 8 nitrogen and oxygen atoms in total. The number of nitrogen functional groups attached to an aromatic ring is 1. The van der Waals surface area contributed by atoms with Crippen molar-refractivity contribution in [3.63, 3.8) is 0 Å². The lowest BCUT2D eigenvalue weighted by Gasteiger charge is -2.29. The number of nitrogens with two attached hydrogens (primary N) is 1. The van der Waals surface area contributed by atoms with Crippen molar-refractivity contribution in [3.8, 4) is 5.75 Å². The Morgan fingerprint density at radius 3 is 2.94 bits per heavy atom. The highest BCUT2D eigenvalue weighted by atomic mass is 35.5. The SMILES string of the molecule is Nc1ncnc2c1nc(Sc1cc3c(cc1Cl)CCO3)n2CCC1CCN(C=O)CC1. The van der Waals surface area contributed by atoms with Gasteiger partial charge in [0.25, 0.3) is 0 Å². The number of halogens is 1. The number of aromatic nitrogens is 4. The standard InChI is InChI=1S/C21H23ClN6O2S/c22-15-9-14-4-8-30-16(14)10-17(15)31-21-26-18-19(23)24-11-25-20(18)28(21)7-3-13-1-5-27(12-29)6-2-13/h9-13H,1-8H2,(H2,23,24,25). The summed E-state index contributed by atoms with van der Waals surface area (Å²) in [7, 11) is 0. The lowest BCUT2D eigenvalue weighted by Crippen LogP contribution is -2.32. The first kappa shape index (κ1) is 20.4. The van der Waals surface area contributed by atoms with Gasteiger partial charge in [0.1, 0.15) is 12.1 Å². The van der Waals surface area contributed by atoms with Crippen LogP contribution in [0.4, 0.5) is 5.82 Å². The zero-order valence-corrected chi connectivity index (χ0v) is 18.5. The zero-order chi connectivity index (χ0) is 21.4. The summed E-state index contributed by atoms with van der Waals surface area (Å²) in [5, 5.41) is 1.47. The fourth-order valence-electron chi connectivity index (χ4n) is 4.23. The van der Waals surface area contributed by atoms with Crippen LogP contribution in [0.15, 0.2) is 28.5 Å². The van der Waals surface area contributed by atoms with Crippen molar-refractivity contribution < 1.29 is 9.53 Å². The summed E-state index contributed by atoms with van der Waals surface area (Å²) in [6.07, 6.45) is 6.31. The Labute approximate surface area is 189 Å². The largest absolute Gasteiger partial charge is 0.493 e. The number of hydrogen-bond acceptors (Lipinski definition) is 7. The average molecular weight is 459 g/mol. The van der Waals surface area contributed by atoms with E-state index in [0.717, 1.165) is 78.7 Å². The molecule has 2 N–H and O–H groups in total. The summed E-state index contributed by atoms with van der Waals surface area (Å²) in [6, 6.07) is 3.97. The summed E-state index contributed by atoms with van der Waals surface area (Å²) < 4.78 is 7.82. The van der Waals surface area contributed by atoms with E-state index < -0.39 is 0 Å². The zero-order valence-electron chi connectivity index (χ0n) is 17.0. The minimum absolute atomic E-state index is 0.369. The molecule has 0 saturated carbocycles. The number of ether oxygens (including phenoxy) is 1. The maximum Gasteiger partial charge on any atom is 0.209 e. The van der Waals surface area contributed by atoms with Crippen molar-refractivity contribution >= 4 is 46.8 Å². The van der Waals surface area contributed by atoms with E-state index in [1.807, 2.05) is 17.0 Å². The quantitative estimate of drug-likeness (QED) is 0.565. The minimum Gasteiger partial charge on any atom is -0.493 e. The molecule has 0 atom stereocenters. The third-order valence-corrected chi connectivity index (χ3v) is 7.51. The maximum absolute atomic E-state index is 11.0. The van der Waals surface area contributed by atoms with Gasteiger partial charge in [-0.2, -0.15) is 0 Å². The Morgan fingerprint density at radius 2 is 2.13 bits per heavy atom. The van der Waals surface area contributed by atoms with Crippen LogP contribution in [-0.2, 0) is 17.8 Å². The fourth-order valence-corrected chi connectivity index (χ4v) is 5.47. The third kappa shape index (κ3) is 4.04. The number of carbonyl (C=O) groups excluding carboxylic acids is 1. The van der Waals surface area contributed by atoms with Gasteiger partial charge < -0.3 is 19.9 Å². The van der Waals surface area contributed by atoms with Crippen LogP contribution < -0.4 is 10.5 Å². The second-order valence-corrected chi connectivity index (χ2v) is 9.36. The molecule has 0 spiro atoms. The third-order valence-electron chi connectivity index (χ3n) is 6.03. The summed E-state index contributed by atoms with van der Waals surface area (Å²) >= 11 is 8.06. The van der Waals surface area contributed by atoms with Crippen molar-refractivity contribution in [3.05, 3.63) is 29.0 Å². The molecule has 0 radical (unpaired) electrons. The fraction of sp³-hybridized carbons (Fsp3) is 0.429. The highest BCUT2D eigenvalue weighted by Crippen LogP contribution is 2.40. The van der Waals surface area contributed by atoms with Crippen LogP contribution in [-0.4, -0.2) is 50.5 Å². The highest BCUT2D eigenvalue weighted by Gasteiger charge is 2.22. The molecule has 2 aliphatic rings. The normalized spacial score (nSPS) is 16.5. The number of imidazole rings is 1. The van der Waals surface area contributed by atoms with Gasteiger partial charge in [-0.3, -0.25) is 4.79 Å². The molecule has 1 saturated heterocycles. The van der Waals surface area contributed by atoms with Gasteiger partial charge in [0.2, 0.25) is 6.41 Å². The molecule has 0 aliphatic carbocycles. The molecule has 0 bridgehead atoms. The molecule has 162 valence electrons. The van der Waals surface area contributed by atoms with E-state index in [4.69, 9.17) is 27.1 Å². The van der Waals surface area contributed by atoms with Crippen molar-refractivity contribution in [2.24, 2.45) is 5.92 Å². The van der Waals surface area contributed by atoms with E-state index in [9.17, 15) is 4.79 Å². The number of rotatable bonds is 6. The number of fused-ring (bicyclic) bond motifs is 2. The predicted octanol–water partition coefficient (Wildman–Crippen LogP) is 3.41. The molecule has 31 heavy (non-hydrogen) atoms. The molecular formula is C21H23ClN6O2S. The van der Waals surface area contributed by atoms with Crippen LogP contribution in [0.5, 0.6) is 5.75 Å². The number of benzene rings is 1. The Bertz CT molecular complexity index is 1130. The first-order valence-electron chi connectivity index (χ1n) is 10.4. The number of anilines is 1. The smallest absolute Gasteiger partial charge is 0.209 e. The second-order valence-electron chi connectivity index (χ2n) is 7.94. The molecule has 1 aromatic carbocycles. The summed E-state index contributed by atoms with van der Waals surface area (Å²) in [5.74, 6) is 1.81. The van der Waals surface area contributed by atoms with Gasteiger partial charge in [0.05, 0.1) is 11.6 Å². The number of aryl methyl sites for hydroxylation is 1. The number of amides is 1. The number of hydrogen-bond donors (Lipinski definition) is 1. The topological polar surface area (TPSA) is 99.2 Å². The van der Waals surface area contributed by atoms with E-state index in [0.29, 0.717) is 28.9 Å². The maximum atomic E-state index is 11.0. The summed E-state index contributed by atoms with van der Waals surface area (Å²) in [4.78, 5) is 27.0. The van der Waals surface area contributed by atoms with Gasteiger partial charge >= 0.3 is 0 Å². The Morgan fingerprint density at radius 1 is 1.29 bits per heavy atom. The van der Waals surface area contributed by atoms with Gasteiger partial charge in [0.15, 0.2) is 22.1 Å². The van der Waals surface area contributed by atoms with Gasteiger partial charge in [-0.15, -0.1) is 0 Å². The van der Waals surface area contributed by atoms with Gasteiger partial charge in [-0.25, -0.2) is 15.0 Å². The molecular weight excluding hydrogens is 436 g/mol. The van der Waals surface area contributed by atoms with E-state index in [2.05, 4.69) is 14.5 Å². The van der Waals surface area contributed by atoms with Gasteiger partial charge in [-0.1, -0.05) is 11.6 Å². The number of carbonyl (C=O) groups is 1. The molecule has 0 unspecified atom stereocenters. The number of piperidine rings is 1. The Hall–Kier alpha value is -2.52. The van der Waals surface area contributed by atoms with E-state index in [1.165, 1.54) is 18.1 Å². The Kier molecular flexibility index (Phi) is 5.62. The molecule has 4 heterocycles. The average Bonchev–Trinajstić information content (AvgIpc) is 3.37. The van der Waals surface area contributed by atoms with Crippen molar-refractivity contribution in [1.82, 2.24) is 24.4 Å². The van der Waals surface area contributed by atoms with Crippen LogP contribution in [0.2, 0.25) is 5.02 Å². The van der Waals surface area contributed by atoms with Crippen LogP contribution in [0.3, 0.4) is 0 Å². The first-order chi connectivity index (χ1) is 15.1. The highest BCUT2D eigenvalue weighted by molar-refractivity contribution is 7.99. The minimum atomic E-state index is 0.369. The molecule has 2 aromatic heterocycles. The van der Waals surface area contributed by atoms with Crippen molar-refractivity contribution in [1.29, 1.82) is 0 Å².